The highest BCUT2D eigenvalue weighted by Crippen LogP contribution is 2.23. The summed E-state index contributed by atoms with van der Waals surface area (Å²) in [7, 11) is 0. The van der Waals surface area contributed by atoms with Crippen LogP contribution in [0.15, 0.2) is 66.7 Å². The van der Waals surface area contributed by atoms with Gasteiger partial charge in [0, 0.05) is 11.4 Å². The van der Waals surface area contributed by atoms with Crippen molar-refractivity contribution in [2.75, 3.05) is 10.6 Å². The molecule has 0 spiro atoms. The van der Waals surface area contributed by atoms with Crippen LogP contribution in [0.2, 0.25) is 0 Å². The summed E-state index contributed by atoms with van der Waals surface area (Å²) in [4.78, 5) is 25.1. The van der Waals surface area contributed by atoms with E-state index in [1.165, 1.54) is 88.2 Å². The zero-order valence-electron chi connectivity index (χ0n) is 26.4. The molecule has 3 rings (SSSR count). The van der Waals surface area contributed by atoms with Crippen molar-refractivity contribution in [3.63, 3.8) is 0 Å². The van der Waals surface area contributed by atoms with Gasteiger partial charge in [-0.1, -0.05) is 108 Å². The van der Waals surface area contributed by atoms with Crippen LogP contribution >= 0.6 is 0 Å². The van der Waals surface area contributed by atoms with Gasteiger partial charge in [-0.3, -0.25) is 10.6 Å². The SMILES string of the molecule is CCCCCCCCc1ccc(OC(=O)Nc2ccc(C)c(NC(=O)Oc3ccc(CCCCCCCC)cc3)c2)cc1. The lowest BCUT2D eigenvalue weighted by Gasteiger charge is -2.12. The summed E-state index contributed by atoms with van der Waals surface area (Å²) in [6.45, 7) is 6.34. The molecule has 0 aliphatic heterocycles. The number of amides is 2. The van der Waals surface area contributed by atoms with Gasteiger partial charge in [-0.15, -0.1) is 0 Å². The van der Waals surface area contributed by atoms with Crippen molar-refractivity contribution in [1.82, 2.24) is 0 Å². The van der Waals surface area contributed by atoms with E-state index in [4.69, 9.17) is 9.47 Å². The van der Waals surface area contributed by atoms with Crippen molar-refractivity contribution in [1.29, 1.82) is 0 Å². The molecular formula is C37H50N2O4. The predicted octanol–water partition coefficient (Wildman–Crippen LogP) is 11.0. The molecule has 232 valence electrons. The summed E-state index contributed by atoms with van der Waals surface area (Å²) in [5.74, 6) is 0.967. The molecule has 3 aromatic carbocycles. The molecule has 2 amide bonds. The van der Waals surface area contributed by atoms with Gasteiger partial charge in [0.1, 0.15) is 11.5 Å². The first-order valence-corrected chi connectivity index (χ1v) is 16.2. The van der Waals surface area contributed by atoms with Crippen molar-refractivity contribution in [3.8, 4) is 11.5 Å². The van der Waals surface area contributed by atoms with Crippen molar-refractivity contribution in [2.45, 2.75) is 111 Å². The van der Waals surface area contributed by atoms with Crippen LogP contribution in [0.1, 0.15) is 108 Å². The fraction of sp³-hybridized carbons (Fsp3) is 0.459. The van der Waals surface area contributed by atoms with Crippen LogP contribution in [0.5, 0.6) is 11.5 Å². The molecule has 0 saturated heterocycles. The van der Waals surface area contributed by atoms with Crippen LogP contribution in [0.3, 0.4) is 0 Å². The Morgan fingerprint density at radius 2 is 1.00 bits per heavy atom. The summed E-state index contributed by atoms with van der Waals surface area (Å²) >= 11 is 0. The van der Waals surface area contributed by atoms with Crippen molar-refractivity contribution in [2.24, 2.45) is 0 Å². The number of hydrogen-bond donors (Lipinski definition) is 2. The Bertz CT molecular complexity index is 1240. The second-order valence-corrected chi connectivity index (χ2v) is 11.4. The highest BCUT2D eigenvalue weighted by atomic mass is 16.6. The van der Waals surface area contributed by atoms with Crippen LogP contribution in [-0.4, -0.2) is 12.2 Å². The molecule has 0 aliphatic carbocycles. The molecule has 0 unspecified atom stereocenters. The standard InChI is InChI=1S/C37H50N2O4/c1-4-6-8-10-12-14-16-30-19-24-33(25-20-30)42-36(40)38-32-23-18-29(3)35(28-32)39-37(41)43-34-26-21-31(22-27-34)17-15-13-11-9-7-5-2/h18-28H,4-17H2,1-3H3,(H,38,40)(H,39,41). The van der Waals surface area contributed by atoms with E-state index in [-0.39, 0.29) is 0 Å². The molecule has 0 aromatic heterocycles. The molecule has 0 aliphatic rings. The first kappa shape index (κ1) is 33.7. The molecule has 0 saturated carbocycles. The fourth-order valence-corrected chi connectivity index (χ4v) is 4.99. The molecule has 2 N–H and O–H groups in total. The van der Waals surface area contributed by atoms with Gasteiger partial charge >= 0.3 is 12.2 Å². The molecule has 43 heavy (non-hydrogen) atoms. The fourth-order valence-electron chi connectivity index (χ4n) is 4.99. The zero-order valence-corrected chi connectivity index (χ0v) is 26.4. The lowest BCUT2D eigenvalue weighted by atomic mass is 10.0. The minimum atomic E-state index is -0.595. The summed E-state index contributed by atoms with van der Waals surface area (Å²) in [5, 5.41) is 5.52. The van der Waals surface area contributed by atoms with E-state index in [0.717, 1.165) is 18.4 Å². The Morgan fingerprint density at radius 3 is 1.49 bits per heavy atom. The maximum atomic E-state index is 12.6. The Kier molecular flexibility index (Phi) is 15.2. The average molecular weight is 587 g/mol. The summed E-state index contributed by atoms with van der Waals surface area (Å²) in [6.07, 6.45) is 16.1. The summed E-state index contributed by atoms with van der Waals surface area (Å²) in [6, 6.07) is 20.6. The van der Waals surface area contributed by atoms with E-state index in [2.05, 4.69) is 24.5 Å². The van der Waals surface area contributed by atoms with E-state index in [1.807, 2.05) is 61.5 Å². The van der Waals surface area contributed by atoms with Crippen LogP contribution in [-0.2, 0) is 12.8 Å². The van der Waals surface area contributed by atoms with Gasteiger partial charge in [-0.2, -0.15) is 0 Å². The van der Waals surface area contributed by atoms with Crippen LogP contribution in [0, 0.1) is 6.92 Å². The number of unbranched alkanes of at least 4 members (excludes halogenated alkanes) is 10. The zero-order chi connectivity index (χ0) is 30.7. The number of ether oxygens (including phenoxy) is 2. The quantitative estimate of drug-likeness (QED) is 0.145. The smallest absolute Gasteiger partial charge is 0.410 e. The molecule has 0 atom stereocenters. The number of rotatable bonds is 18. The minimum Gasteiger partial charge on any atom is -0.410 e. The molecule has 0 bridgehead atoms. The largest absolute Gasteiger partial charge is 0.417 e. The lowest BCUT2D eigenvalue weighted by molar-refractivity contribution is 0.214. The number of hydrogen-bond acceptors (Lipinski definition) is 4. The lowest BCUT2D eigenvalue weighted by Crippen LogP contribution is -2.19. The number of anilines is 2. The molecule has 6 nitrogen and oxygen atoms in total. The molecular weight excluding hydrogens is 536 g/mol. The minimum absolute atomic E-state index is 0.483. The van der Waals surface area contributed by atoms with Crippen LogP contribution in [0.4, 0.5) is 21.0 Å². The Labute approximate surface area is 258 Å². The van der Waals surface area contributed by atoms with Gasteiger partial charge in [0.2, 0.25) is 0 Å². The second-order valence-electron chi connectivity index (χ2n) is 11.4. The van der Waals surface area contributed by atoms with Crippen LogP contribution < -0.4 is 20.1 Å². The van der Waals surface area contributed by atoms with Crippen LogP contribution in [0.25, 0.3) is 0 Å². The molecule has 0 fully saturated rings. The highest BCUT2D eigenvalue weighted by Gasteiger charge is 2.11. The van der Waals surface area contributed by atoms with Gasteiger partial charge in [-0.05, 0) is 85.7 Å². The maximum Gasteiger partial charge on any atom is 0.417 e. The highest BCUT2D eigenvalue weighted by molar-refractivity contribution is 5.91. The monoisotopic (exact) mass is 586 g/mol. The summed E-state index contributed by atoms with van der Waals surface area (Å²) in [5.41, 5.74) is 4.37. The molecule has 0 radical (unpaired) electrons. The van der Waals surface area contributed by atoms with Crippen molar-refractivity contribution in [3.05, 3.63) is 83.4 Å². The van der Waals surface area contributed by atoms with E-state index in [1.54, 1.807) is 12.1 Å². The molecule has 3 aromatic rings. The number of benzene rings is 3. The number of aryl methyl sites for hydroxylation is 3. The third-order valence-electron chi connectivity index (χ3n) is 7.63. The van der Waals surface area contributed by atoms with Gasteiger partial charge in [-0.25, -0.2) is 9.59 Å². The average Bonchev–Trinajstić information content (AvgIpc) is 3.00. The number of carbonyl (C=O) groups excluding carboxylic acids is 2. The predicted molar refractivity (Wildman–Crippen MR) is 178 cm³/mol. The Hall–Kier alpha value is -3.80. The maximum absolute atomic E-state index is 12.6. The van der Waals surface area contributed by atoms with Gasteiger partial charge in [0.05, 0.1) is 0 Å². The first-order chi connectivity index (χ1) is 21.0. The normalized spacial score (nSPS) is 10.8. The topological polar surface area (TPSA) is 76.7 Å². The van der Waals surface area contributed by atoms with Gasteiger partial charge in [0.15, 0.2) is 0 Å². The Morgan fingerprint density at radius 1 is 0.558 bits per heavy atom. The number of carbonyl (C=O) groups is 2. The second kappa shape index (κ2) is 19.4. The number of nitrogens with one attached hydrogen (secondary N) is 2. The summed E-state index contributed by atoms with van der Waals surface area (Å²) < 4.78 is 11.0. The van der Waals surface area contributed by atoms with Crippen molar-refractivity contribution < 1.29 is 19.1 Å². The van der Waals surface area contributed by atoms with E-state index in [9.17, 15) is 9.59 Å². The Balaban J connectivity index is 1.42. The molecule has 0 heterocycles. The van der Waals surface area contributed by atoms with Gasteiger partial charge < -0.3 is 9.47 Å². The third-order valence-corrected chi connectivity index (χ3v) is 7.63. The molecule has 6 heteroatoms. The van der Waals surface area contributed by atoms with E-state index >= 15 is 0 Å². The van der Waals surface area contributed by atoms with Gasteiger partial charge in [0.25, 0.3) is 0 Å². The van der Waals surface area contributed by atoms with E-state index in [0.29, 0.717) is 22.9 Å². The third kappa shape index (κ3) is 13.4. The van der Waals surface area contributed by atoms with E-state index < -0.39 is 12.2 Å². The first-order valence-electron chi connectivity index (χ1n) is 16.2. The van der Waals surface area contributed by atoms with Crippen molar-refractivity contribution >= 4 is 23.6 Å².